The van der Waals surface area contributed by atoms with Gasteiger partial charge in [-0.15, -0.1) is 11.3 Å². The molecule has 0 bridgehead atoms. The first kappa shape index (κ1) is 13.1. The lowest BCUT2D eigenvalue weighted by Crippen LogP contribution is -2.04. The summed E-state index contributed by atoms with van der Waals surface area (Å²) in [5.41, 5.74) is 1.21. The highest BCUT2D eigenvalue weighted by Crippen LogP contribution is 2.31. The van der Waals surface area contributed by atoms with Gasteiger partial charge in [-0.2, -0.15) is 0 Å². The van der Waals surface area contributed by atoms with Gasteiger partial charge in [0.05, 0.1) is 31.1 Å². The average molecular weight is 259 g/mol. The fourth-order valence-electron chi connectivity index (χ4n) is 1.13. The van der Waals surface area contributed by atoms with Gasteiger partial charge < -0.3 is 9.47 Å². The van der Waals surface area contributed by atoms with E-state index in [0.29, 0.717) is 5.57 Å². The van der Waals surface area contributed by atoms with Gasteiger partial charge >= 0.3 is 5.97 Å². The van der Waals surface area contributed by atoms with Crippen molar-refractivity contribution >= 4 is 34.6 Å². The zero-order valence-electron chi connectivity index (χ0n) is 9.57. The fourth-order valence-corrected chi connectivity index (χ4v) is 2.73. The highest BCUT2D eigenvalue weighted by Gasteiger charge is 2.19. The van der Waals surface area contributed by atoms with E-state index in [1.54, 1.807) is 11.8 Å². The Morgan fingerprint density at radius 3 is 2.62 bits per heavy atom. The summed E-state index contributed by atoms with van der Waals surface area (Å²) in [5.74, 6) is -0.416. The predicted molar refractivity (Wildman–Crippen MR) is 65.6 cm³/mol. The van der Waals surface area contributed by atoms with Crippen LogP contribution in [0.4, 0.5) is 0 Å². The van der Waals surface area contributed by atoms with Gasteiger partial charge in [0.1, 0.15) is 9.91 Å². The van der Waals surface area contributed by atoms with E-state index in [4.69, 9.17) is 9.47 Å². The number of nitrogens with zero attached hydrogens (tertiary/aromatic N) is 1. The van der Waals surface area contributed by atoms with E-state index in [9.17, 15) is 4.79 Å². The zero-order valence-corrected chi connectivity index (χ0v) is 11.2. The Labute approximate surface area is 103 Å². The Morgan fingerprint density at radius 2 is 2.19 bits per heavy atom. The van der Waals surface area contributed by atoms with Crippen molar-refractivity contribution in [2.24, 2.45) is 0 Å². The van der Waals surface area contributed by atoms with Gasteiger partial charge in [-0.1, -0.05) is 11.8 Å². The number of aromatic nitrogens is 1. The first-order valence-corrected chi connectivity index (χ1v) is 6.51. The number of esters is 1. The summed E-state index contributed by atoms with van der Waals surface area (Å²) in [4.78, 5) is 16.7. The molecule has 1 aromatic heterocycles. The molecule has 0 spiro atoms. The Morgan fingerprint density at radius 1 is 1.50 bits per heavy atom. The monoisotopic (exact) mass is 259 g/mol. The van der Waals surface area contributed by atoms with Crippen LogP contribution in [0.2, 0.25) is 0 Å². The van der Waals surface area contributed by atoms with Crippen molar-refractivity contribution in [2.45, 2.75) is 11.3 Å². The van der Waals surface area contributed by atoms with Crippen LogP contribution in [0.25, 0.3) is 5.57 Å². The van der Waals surface area contributed by atoms with E-state index in [0.717, 1.165) is 14.9 Å². The van der Waals surface area contributed by atoms with Crippen molar-refractivity contribution in [3.05, 3.63) is 16.8 Å². The lowest BCUT2D eigenvalue weighted by Gasteiger charge is -2.02. The van der Waals surface area contributed by atoms with Crippen LogP contribution in [0.1, 0.15) is 10.6 Å². The molecule has 0 aromatic carbocycles. The number of thiazole rings is 1. The third-order valence-corrected chi connectivity index (χ3v) is 4.01. The Bertz CT molecular complexity index is 412. The number of ether oxygens (including phenoxy) is 2. The molecule has 88 valence electrons. The zero-order chi connectivity index (χ0) is 12.1. The maximum atomic E-state index is 11.6. The van der Waals surface area contributed by atoms with E-state index >= 15 is 0 Å². The molecule has 4 nitrogen and oxygen atoms in total. The van der Waals surface area contributed by atoms with E-state index in [2.05, 4.69) is 4.98 Å². The summed E-state index contributed by atoms with van der Waals surface area (Å²) in [6.07, 6.45) is 3.33. The Balaban J connectivity index is 3.16. The lowest BCUT2D eigenvalue weighted by atomic mass is 10.2. The number of hydrogen-bond donors (Lipinski definition) is 0. The molecule has 0 aliphatic rings. The number of carbonyl (C=O) groups excluding carboxylic acids is 1. The summed E-state index contributed by atoms with van der Waals surface area (Å²) < 4.78 is 10.5. The number of hydrogen-bond acceptors (Lipinski definition) is 6. The quantitative estimate of drug-likeness (QED) is 0.359. The van der Waals surface area contributed by atoms with Crippen LogP contribution in [0.15, 0.2) is 10.6 Å². The Kier molecular flexibility index (Phi) is 4.82. The summed E-state index contributed by atoms with van der Waals surface area (Å²) in [5, 5.41) is 0. The normalized spacial score (nSPS) is 11.4. The van der Waals surface area contributed by atoms with Crippen molar-refractivity contribution in [1.82, 2.24) is 4.98 Å². The van der Waals surface area contributed by atoms with Crippen LogP contribution in [-0.4, -0.2) is 31.4 Å². The SMILES string of the molecule is COC=C(C(=O)OC)c1sc(SC)nc1C. The van der Waals surface area contributed by atoms with Crippen LogP contribution < -0.4 is 0 Å². The minimum absolute atomic E-state index is 0.403. The van der Waals surface area contributed by atoms with Gasteiger partial charge in [0.2, 0.25) is 0 Å². The number of aryl methyl sites for hydroxylation is 1. The number of carbonyl (C=O) groups is 1. The molecule has 0 aliphatic heterocycles. The highest BCUT2D eigenvalue weighted by atomic mass is 32.2. The summed E-state index contributed by atoms with van der Waals surface area (Å²) >= 11 is 3.00. The molecule has 0 radical (unpaired) electrons. The molecule has 0 saturated carbocycles. The summed E-state index contributed by atoms with van der Waals surface area (Å²) in [6, 6.07) is 0. The van der Waals surface area contributed by atoms with E-state index < -0.39 is 5.97 Å². The maximum absolute atomic E-state index is 11.6. The van der Waals surface area contributed by atoms with Crippen LogP contribution >= 0.6 is 23.1 Å². The fraction of sp³-hybridized carbons (Fsp3) is 0.400. The van der Waals surface area contributed by atoms with Crippen LogP contribution in [0, 0.1) is 6.92 Å². The van der Waals surface area contributed by atoms with Gasteiger partial charge in [-0.25, -0.2) is 9.78 Å². The molecule has 1 aromatic rings. The molecular weight excluding hydrogens is 246 g/mol. The van der Waals surface area contributed by atoms with Gasteiger partial charge in [-0.3, -0.25) is 0 Å². The van der Waals surface area contributed by atoms with Crippen molar-refractivity contribution in [2.75, 3.05) is 20.5 Å². The molecule has 0 saturated heterocycles. The molecule has 0 N–H and O–H groups in total. The largest absolute Gasteiger partial charge is 0.503 e. The summed E-state index contributed by atoms with van der Waals surface area (Å²) in [7, 11) is 2.84. The molecule has 1 rings (SSSR count). The highest BCUT2D eigenvalue weighted by molar-refractivity contribution is 8.00. The standard InChI is InChI=1S/C10H13NO3S2/c1-6-8(16-10(11-6)15-4)7(5-13-2)9(12)14-3/h5H,1-4H3. The van der Waals surface area contributed by atoms with Gasteiger partial charge in [0.15, 0.2) is 0 Å². The van der Waals surface area contributed by atoms with Crippen LogP contribution in [0.3, 0.4) is 0 Å². The van der Waals surface area contributed by atoms with Crippen molar-refractivity contribution < 1.29 is 14.3 Å². The van der Waals surface area contributed by atoms with Crippen LogP contribution in [-0.2, 0) is 14.3 Å². The minimum Gasteiger partial charge on any atom is -0.503 e. The molecule has 0 unspecified atom stereocenters. The predicted octanol–water partition coefficient (Wildman–Crippen LogP) is 2.33. The lowest BCUT2D eigenvalue weighted by molar-refractivity contribution is -0.133. The maximum Gasteiger partial charge on any atom is 0.342 e. The van der Waals surface area contributed by atoms with E-state index in [-0.39, 0.29) is 0 Å². The number of rotatable bonds is 4. The molecule has 0 amide bonds. The molecule has 0 aliphatic carbocycles. The second-order valence-electron chi connectivity index (χ2n) is 2.86. The first-order valence-electron chi connectivity index (χ1n) is 4.47. The van der Waals surface area contributed by atoms with Crippen LogP contribution in [0.5, 0.6) is 0 Å². The van der Waals surface area contributed by atoms with E-state index in [1.807, 2.05) is 13.2 Å². The third kappa shape index (κ3) is 2.76. The van der Waals surface area contributed by atoms with Gasteiger partial charge in [0.25, 0.3) is 0 Å². The smallest absolute Gasteiger partial charge is 0.342 e. The van der Waals surface area contributed by atoms with Crippen molar-refractivity contribution in [3.8, 4) is 0 Å². The van der Waals surface area contributed by atoms with Crippen molar-refractivity contribution in [3.63, 3.8) is 0 Å². The Hall–Kier alpha value is -1.01. The minimum atomic E-state index is -0.416. The third-order valence-electron chi connectivity index (χ3n) is 1.84. The number of thioether (sulfide) groups is 1. The van der Waals surface area contributed by atoms with E-state index in [1.165, 1.54) is 31.8 Å². The topological polar surface area (TPSA) is 48.4 Å². The molecular formula is C10H13NO3S2. The van der Waals surface area contributed by atoms with Crippen molar-refractivity contribution in [1.29, 1.82) is 0 Å². The second-order valence-corrected chi connectivity index (χ2v) is 4.91. The van der Waals surface area contributed by atoms with Gasteiger partial charge in [0, 0.05) is 0 Å². The van der Waals surface area contributed by atoms with Gasteiger partial charge in [-0.05, 0) is 13.2 Å². The molecule has 16 heavy (non-hydrogen) atoms. The molecule has 1 heterocycles. The first-order chi connectivity index (χ1) is 7.63. The second kappa shape index (κ2) is 5.91. The average Bonchev–Trinajstić information content (AvgIpc) is 2.66. The number of methoxy groups -OCH3 is 2. The molecule has 0 fully saturated rings. The molecule has 6 heteroatoms. The molecule has 0 atom stereocenters. The summed E-state index contributed by atoms with van der Waals surface area (Å²) in [6.45, 7) is 1.86.